The third-order valence-electron chi connectivity index (χ3n) is 5.72. The van der Waals surface area contributed by atoms with Crippen molar-refractivity contribution < 1.29 is 14.0 Å². The van der Waals surface area contributed by atoms with Gasteiger partial charge in [-0.3, -0.25) is 4.79 Å². The lowest BCUT2D eigenvalue weighted by molar-refractivity contribution is -0.144. The highest BCUT2D eigenvalue weighted by atomic mass is 28.4. The van der Waals surface area contributed by atoms with Gasteiger partial charge in [-0.2, -0.15) is 0 Å². The van der Waals surface area contributed by atoms with Crippen molar-refractivity contribution in [2.45, 2.75) is 57.3 Å². The van der Waals surface area contributed by atoms with Crippen LogP contribution in [0.4, 0.5) is 0 Å². The van der Waals surface area contributed by atoms with Crippen LogP contribution >= 0.6 is 0 Å². The summed E-state index contributed by atoms with van der Waals surface area (Å²) < 4.78 is 11.3. The average Bonchev–Trinajstić information content (AvgIpc) is 3.27. The molecular weight excluding hydrogens is 316 g/mol. The summed E-state index contributed by atoms with van der Waals surface area (Å²) >= 11 is 0. The van der Waals surface area contributed by atoms with E-state index in [1.807, 2.05) is 18.2 Å². The second-order valence-corrected chi connectivity index (χ2v) is 13.1. The molecule has 0 radical (unpaired) electrons. The highest BCUT2D eigenvalue weighted by Gasteiger charge is 2.60. The lowest BCUT2D eigenvalue weighted by Gasteiger charge is -2.36. The molecule has 3 nitrogen and oxygen atoms in total. The minimum Gasteiger partial charge on any atom is -0.468 e. The molecule has 1 aromatic rings. The number of allylic oxidation sites excluding steroid dienone is 1. The molecule has 4 heteroatoms. The van der Waals surface area contributed by atoms with E-state index < -0.39 is 13.7 Å². The zero-order chi connectivity index (χ0) is 18.2. The van der Waals surface area contributed by atoms with Crippen molar-refractivity contribution in [3.05, 3.63) is 48.0 Å². The van der Waals surface area contributed by atoms with Crippen molar-refractivity contribution in [1.29, 1.82) is 0 Å². The van der Waals surface area contributed by atoms with Crippen LogP contribution in [-0.2, 0) is 26.0 Å². The number of hydrogen-bond donors (Lipinski definition) is 0. The van der Waals surface area contributed by atoms with Crippen molar-refractivity contribution in [2.24, 2.45) is 5.92 Å². The van der Waals surface area contributed by atoms with Gasteiger partial charge in [0, 0.05) is 0 Å². The van der Waals surface area contributed by atoms with Crippen LogP contribution in [0, 0.1) is 5.92 Å². The first-order chi connectivity index (χ1) is 11.1. The number of rotatable bonds is 6. The molecule has 1 saturated carbocycles. The Balaban J connectivity index is 2.11. The molecule has 0 aromatic heterocycles. The van der Waals surface area contributed by atoms with Gasteiger partial charge in [0.15, 0.2) is 8.32 Å². The Hall–Kier alpha value is -1.39. The summed E-state index contributed by atoms with van der Waals surface area (Å²) in [6.07, 6.45) is 2.63. The van der Waals surface area contributed by atoms with E-state index in [1.54, 1.807) is 0 Å². The zero-order valence-electron chi connectivity index (χ0n) is 15.8. The molecule has 0 aliphatic heterocycles. The Labute approximate surface area is 147 Å². The second-order valence-electron chi connectivity index (χ2n) is 8.26. The molecule has 24 heavy (non-hydrogen) atoms. The fourth-order valence-electron chi connectivity index (χ4n) is 2.82. The molecule has 2 atom stereocenters. The van der Waals surface area contributed by atoms with Gasteiger partial charge in [0.25, 0.3) is 0 Å². The summed E-state index contributed by atoms with van der Waals surface area (Å²) in [5, 5.41) is 0.201. The van der Waals surface area contributed by atoms with Crippen molar-refractivity contribution in [1.82, 2.24) is 0 Å². The molecule has 0 N–H and O–H groups in total. The van der Waals surface area contributed by atoms with Crippen molar-refractivity contribution in [3.63, 3.8) is 0 Å². The first kappa shape index (κ1) is 18.9. The van der Waals surface area contributed by atoms with Gasteiger partial charge in [-0.1, -0.05) is 51.1 Å². The average molecular weight is 347 g/mol. The standard InChI is InChI=1S/C20H30O3Si/c1-8-16-13-20(16,18(21)22-5)17-11-9-15(10-12-17)14-23-24(6,7)19(2,3)4/h8-12,16H,1,13-14H2,2-7H3. The maximum absolute atomic E-state index is 12.2. The van der Waals surface area contributed by atoms with Crippen LogP contribution in [0.5, 0.6) is 0 Å². The Morgan fingerprint density at radius 3 is 2.33 bits per heavy atom. The highest BCUT2D eigenvalue weighted by molar-refractivity contribution is 6.74. The van der Waals surface area contributed by atoms with E-state index in [2.05, 4.69) is 52.6 Å². The predicted molar refractivity (Wildman–Crippen MR) is 100 cm³/mol. The fourth-order valence-corrected chi connectivity index (χ4v) is 3.78. The summed E-state index contributed by atoms with van der Waals surface area (Å²) in [6.45, 7) is 15.7. The summed E-state index contributed by atoms with van der Waals surface area (Å²) in [6, 6.07) is 8.19. The predicted octanol–water partition coefficient (Wildman–Crippen LogP) is 4.83. The highest BCUT2D eigenvalue weighted by Crippen LogP contribution is 2.55. The minimum absolute atomic E-state index is 0.166. The Kier molecular flexibility index (Phi) is 5.12. The fraction of sp³-hybridized carbons (Fsp3) is 0.550. The van der Waals surface area contributed by atoms with E-state index in [-0.39, 0.29) is 16.9 Å². The monoisotopic (exact) mass is 346 g/mol. The van der Waals surface area contributed by atoms with E-state index in [0.717, 1.165) is 17.5 Å². The second kappa shape index (κ2) is 6.49. The molecule has 132 valence electrons. The van der Waals surface area contributed by atoms with Gasteiger partial charge in [-0.15, -0.1) is 6.58 Å². The van der Waals surface area contributed by atoms with Gasteiger partial charge in [0.2, 0.25) is 0 Å². The molecule has 1 aromatic carbocycles. The largest absolute Gasteiger partial charge is 0.468 e. The zero-order valence-corrected chi connectivity index (χ0v) is 16.8. The van der Waals surface area contributed by atoms with E-state index >= 15 is 0 Å². The van der Waals surface area contributed by atoms with Crippen molar-refractivity contribution in [2.75, 3.05) is 7.11 Å². The number of carbonyl (C=O) groups is 1. The first-order valence-electron chi connectivity index (χ1n) is 8.53. The molecule has 0 saturated heterocycles. The van der Waals surface area contributed by atoms with Gasteiger partial charge in [-0.25, -0.2) is 0 Å². The number of hydrogen-bond acceptors (Lipinski definition) is 3. The van der Waals surface area contributed by atoms with Crippen molar-refractivity contribution >= 4 is 14.3 Å². The lowest BCUT2D eigenvalue weighted by atomic mass is 9.92. The van der Waals surface area contributed by atoms with Crippen LogP contribution in [0.1, 0.15) is 38.3 Å². The summed E-state index contributed by atoms with van der Waals surface area (Å²) in [7, 11) is -0.305. The smallest absolute Gasteiger partial charge is 0.316 e. The number of benzene rings is 1. The Bertz CT molecular complexity index is 613. The SMILES string of the molecule is C=CC1CC1(C(=O)OC)c1ccc(CO[Si](C)(C)C(C)(C)C)cc1. The molecular formula is C20H30O3Si. The quantitative estimate of drug-likeness (QED) is 0.421. The first-order valence-corrected chi connectivity index (χ1v) is 11.4. The van der Waals surface area contributed by atoms with Gasteiger partial charge in [0.1, 0.15) is 0 Å². The maximum Gasteiger partial charge on any atom is 0.316 e. The summed E-state index contributed by atoms with van der Waals surface area (Å²) in [5.74, 6) is -0.00282. The van der Waals surface area contributed by atoms with E-state index in [0.29, 0.717) is 6.61 Å². The molecule has 0 bridgehead atoms. The van der Waals surface area contributed by atoms with Crippen LogP contribution in [0.25, 0.3) is 0 Å². The molecule has 2 rings (SSSR count). The van der Waals surface area contributed by atoms with Crippen LogP contribution in [0.15, 0.2) is 36.9 Å². The topological polar surface area (TPSA) is 35.5 Å². The van der Waals surface area contributed by atoms with Gasteiger partial charge < -0.3 is 9.16 Å². The lowest BCUT2D eigenvalue weighted by Crippen LogP contribution is -2.40. The number of esters is 1. The minimum atomic E-state index is -1.75. The Morgan fingerprint density at radius 1 is 1.33 bits per heavy atom. The van der Waals surface area contributed by atoms with E-state index in [1.165, 1.54) is 7.11 Å². The van der Waals surface area contributed by atoms with Gasteiger partial charge in [-0.05, 0) is 41.6 Å². The van der Waals surface area contributed by atoms with E-state index in [4.69, 9.17) is 9.16 Å². The molecule has 0 heterocycles. The van der Waals surface area contributed by atoms with Gasteiger partial charge in [0.05, 0.1) is 19.1 Å². The molecule has 2 unspecified atom stereocenters. The van der Waals surface area contributed by atoms with Crippen LogP contribution in [-0.4, -0.2) is 21.4 Å². The van der Waals surface area contributed by atoms with Crippen LogP contribution < -0.4 is 0 Å². The Morgan fingerprint density at radius 2 is 1.92 bits per heavy atom. The van der Waals surface area contributed by atoms with Gasteiger partial charge >= 0.3 is 5.97 Å². The molecule has 0 amide bonds. The maximum atomic E-state index is 12.2. The third-order valence-corrected chi connectivity index (χ3v) is 10.2. The number of ether oxygens (including phenoxy) is 1. The summed E-state index contributed by atoms with van der Waals surface area (Å²) in [5.41, 5.74) is 1.62. The normalized spacial score (nSPS) is 23.7. The van der Waals surface area contributed by atoms with Crippen LogP contribution in [0.3, 0.4) is 0 Å². The number of carbonyl (C=O) groups excluding carboxylic acids is 1. The third kappa shape index (κ3) is 3.35. The summed E-state index contributed by atoms with van der Waals surface area (Å²) in [4.78, 5) is 12.2. The van der Waals surface area contributed by atoms with E-state index in [9.17, 15) is 4.79 Å². The molecule has 1 aliphatic rings. The van der Waals surface area contributed by atoms with Crippen LogP contribution in [0.2, 0.25) is 18.1 Å². The molecule has 0 spiro atoms. The van der Waals surface area contributed by atoms with Crippen molar-refractivity contribution in [3.8, 4) is 0 Å². The number of methoxy groups -OCH3 is 1. The molecule has 1 fully saturated rings. The molecule has 1 aliphatic carbocycles.